The molecule has 1 atom stereocenters. The summed E-state index contributed by atoms with van der Waals surface area (Å²) in [5.74, 6) is 0.121. The number of hydrogen-bond donors (Lipinski definition) is 1. The van der Waals surface area contributed by atoms with Gasteiger partial charge in [0, 0.05) is 42.5 Å². The van der Waals surface area contributed by atoms with Crippen LogP contribution in [0.3, 0.4) is 0 Å². The molecule has 1 amide bonds. The third-order valence-electron chi connectivity index (χ3n) is 4.51. The van der Waals surface area contributed by atoms with E-state index in [9.17, 15) is 4.79 Å². The van der Waals surface area contributed by atoms with E-state index in [1.54, 1.807) is 36.1 Å². The first-order chi connectivity index (χ1) is 13.0. The molecule has 0 aliphatic carbocycles. The highest BCUT2D eigenvalue weighted by atomic mass is 35.5. The first-order valence-electron chi connectivity index (χ1n) is 8.88. The molecule has 3 rings (SSSR count). The van der Waals surface area contributed by atoms with E-state index in [0.717, 1.165) is 13.1 Å². The lowest BCUT2D eigenvalue weighted by Gasteiger charge is -2.36. The Morgan fingerprint density at radius 3 is 2.33 bits per heavy atom. The van der Waals surface area contributed by atoms with Crippen LogP contribution in [0, 0.1) is 0 Å². The van der Waals surface area contributed by atoms with Crippen LogP contribution < -0.4 is 10.6 Å². The van der Waals surface area contributed by atoms with E-state index >= 15 is 0 Å². The third kappa shape index (κ3) is 4.92. The Kier molecular flexibility index (Phi) is 6.19. The number of oxime groups is 1. The van der Waals surface area contributed by atoms with E-state index in [-0.39, 0.29) is 11.7 Å². The molecule has 1 fully saturated rings. The fraction of sp³-hybridized carbons (Fsp3) is 0.300. The van der Waals surface area contributed by atoms with Crippen molar-refractivity contribution in [2.24, 2.45) is 10.9 Å². The van der Waals surface area contributed by atoms with E-state index in [0.29, 0.717) is 23.7 Å². The average Bonchev–Trinajstić information content (AvgIpc) is 2.72. The zero-order chi connectivity index (χ0) is 19.2. The maximum Gasteiger partial charge on any atom is 0.266 e. The predicted molar refractivity (Wildman–Crippen MR) is 108 cm³/mol. The van der Waals surface area contributed by atoms with Crippen molar-refractivity contribution < 1.29 is 9.63 Å². The number of nitrogens with zero attached hydrogens (tertiary/aromatic N) is 3. The van der Waals surface area contributed by atoms with Gasteiger partial charge in [0.05, 0.1) is 0 Å². The molecule has 0 aromatic heterocycles. The van der Waals surface area contributed by atoms with Crippen molar-refractivity contribution >= 4 is 29.0 Å². The maximum absolute atomic E-state index is 12.6. The van der Waals surface area contributed by atoms with Crippen molar-refractivity contribution in [1.29, 1.82) is 0 Å². The molecule has 0 saturated carbocycles. The minimum Gasteiger partial charge on any atom is -0.381 e. The summed E-state index contributed by atoms with van der Waals surface area (Å²) in [4.78, 5) is 22.0. The molecule has 1 saturated heterocycles. The zero-order valence-corrected chi connectivity index (χ0v) is 16.0. The van der Waals surface area contributed by atoms with Gasteiger partial charge in [0.15, 0.2) is 5.84 Å². The van der Waals surface area contributed by atoms with Crippen molar-refractivity contribution in [1.82, 2.24) is 4.90 Å². The number of amides is 1. The molecule has 0 spiro atoms. The number of hydrogen-bond acceptors (Lipinski definition) is 4. The van der Waals surface area contributed by atoms with Crippen molar-refractivity contribution in [3.05, 3.63) is 65.2 Å². The Morgan fingerprint density at radius 2 is 1.70 bits per heavy atom. The molecule has 2 aromatic carbocycles. The average molecular weight is 387 g/mol. The number of halogens is 1. The zero-order valence-electron chi connectivity index (χ0n) is 15.2. The number of benzene rings is 2. The molecule has 27 heavy (non-hydrogen) atoms. The Labute approximate surface area is 164 Å². The van der Waals surface area contributed by atoms with Crippen molar-refractivity contribution in [3.63, 3.8) is 0 Å². The molecule has 1 aliphatic rings. The Hall–Kier alpha value is -2.73. The first-order valence-corrected chi connectivity index (χ1v) is 9.26. The second-order valence-corrected chi connectivity index (χ2v) is 6.82. The van der Waals surface area contributed by atoms with Gasteiger partial charge in [0.25, 0.3) is 5.91 Å². The Balaban J connectivity index is 1.52. The highest BCUT2D eigenvalue weighted by Crippen LogP contribution is 2.16. The number of carbonyl (C=O) groups excluding carboxylic acids is 1. The predicted octanol–water partition coefficient (Wildman–Crippen LogP) is 2.71. The SMILES string of the molecule is CC(O/N=C(\N)c1ccc(Cl)cc1)C(=O)N1CCN(c2ccccc2)CC1. The maximum atomic E-state index is 12.6. The summed E-state index contributed by atoms with van der Waals surface area (Å²) in [7, 11) is 0. The van der Waals surface area contributed by atoms with Crippen LogP contribution in [0.4, 0.5) is 5.69 Å². The van der Waals surface area contributed by atoms with E-state index in [4.69, 9.17) is 22.2 Å². The third-order valence-corrected chi connectivity index (χ3v) is 4.76. The summed E-state index contributed by atoms with van der Waals surface area (Å²) < 4.78 is 0. The second kappa shape index (κ2) is 8.77. The highest BCUT2D eigenvalue weighted by molar-refractivity contribution is 6.30. The molecule has 142 valence electrons. The Morgan fingerprint density at radius 1 is 1.07 bits per heavy atom. The molecule has 6 nitrogen and oxygen atoms in total. The minimum absolute atomic E-state index is 0.0876. The molecule has 2 N–H and O–H groups in total. The van der Waals surface area contributed by atoms with E-state index in [1.807, 2.05) is 18.2 Å². The number of para-hydroxylation sites is 1. The monoisotopic (exact) mass is 386 g/mol. The molecule has 1 unspecified atom stereocenters. The quantitative estimate of drug-likeness (QED) is 0.487. The fourth-order valence-electron chi connectivity index (χ4n) is 2.94. The van der Waals surface area contributed by atoms with Crippen LogP contribution in [-0.4, -0.2) is 48.9 Å². The van der Waals surface area contributed by atoms with E-state index in [2.05, 4.69) is 22.2 Å². The number of anilines is 1. The van der Waals surface area contributed by atoms with Crippen LogP contribution in [0.2, 0.25) is 5.02 Å². The molecule has 0 bridgehead atoms. The largest absolute Gasteiger partial charge is 0.381 e. The van der Waals surface area contributed by atoms with Crippen LogP contribution in [0.1, 0.15) is 12.5 Å². The minimum atomic E-state index is -0.695. The molecule has 1 heterocycles. The van der Waals surface area contributed by atoms with Crippen molar-refractivity contribution in [3.8, 4) is 0 Å². The van der Waals surface area contributed by atoms with Gasteiger partial charge in [-0.15, -0.1) is 0 Å². The molecule has 0 radical (unpaired) electrons. The molecule has 7 heteroatoms. The van der Waals surface area contributed by atoms with E-state index < -0.39 is 6.10 Å². The van der Waals surface area contributed by atoms with Gasteiger partial charge in [-0.25, -0.2) is 0 Å². The number of carbonyl (C=O) groups is 1. The number of amidine groups is 1. The molecule has 2 aromatic rings. The first kappa shape index (κ1) is 19.0. The molecular weight excluding hydrogens is 364 g/mol. The van der Waals surface area contributed by atoms with Crippen LogP contribution >= 0.6 is 11.6 Å². The van der Waals surface area contributed by atoms with E-state index in [1.165, 1.54) is 5.69 Å². The Bertz CT molecular complexity index is 787. The smallest absolute Gasteiger partial charge is 0.266 e. The van der Waals surface area contributed by atoms with Gasteiger partial charge in [-0.05, 0) is 43.3 Å². The van der Waals surface area contributed by atoms with Crippen molar-refractivity contribution in [2.75, 3.05) is 31.1 Å². The summed E-state index contributed by atoms with van der Waals surface area (Å²) >= 11 is 5.86. The standard InChI is InChI=1S/C20H23ClN4O2/c1-15(27-23-19(22)16-7-9-17(21)10-8-16)20(26)25-13-11-24(12-14-25)18-5-3-2-4-6-18/h2-10,15H,11-14H2,1H3,(H2,22,23). The summed E-state index contributed by atoms with van der Waals surface area (Å²) in [6, 6.07) is 17.1. The van der Waals surface area contributed by atoms with Gasteiger partial charge < -0.3 is 20.4 Å². The number of nitrogens with two attached hydrogens (primary N) is 1. The van der Waals surface area contributed by atoms with Gasteiger partial charge in [-0.3, -0.25) is 4.79 Å². The fourth-order valence-corrected chi connectivity index (χ4v) is 3.06. The summed E-state index contributed by atoms with van der Waals surface area (Å²) in [6.07, 6.45) is -0.695. The van der Waals surface area contributed by atoms with Crippen LogP contribution in [0.15, 0.2) is 59.8 Å². The van der Waals surface area contributed by atoms with Gasteiger partial charge in [-0.1, -0.05) is 35.0 Å². The van der Waals surface area contributed by atoms with Crippen molar-refractivity contribution in [2.45, 2.75) is 13.0 Å². The topological polar surface area (TPSA) is 71.2 Å². The lowest BCUT2D eigenvalue weighted by molar-refractivity contribution is -0.142. The summed E-state index contributed by atoms with van der Waals surface area (Å²) in [6.45, 7) is 4.57. The normalized spacial score (nSPS) is 16.1. The van der Waals surface area contributed by atoms with Crippen LogP contribution in [0.5, 0.6) is 0 Å². The van der Waals surface area contributed by atoms with Gasteiger partial charge in [0.2, 0.25) is 6.10 Å². The van der Waals surface area contributed by atoms with Gasteiger partial charge in [0.1, 0.15) is 0 Å². The van der Waals surface area contributed by atoms with Crippen LogP contribution in [0.25, 0.3) is 0 Å². The number of rotatable bonds is 5. The lowest BCUT2D eigenvalue weighted by atomic mass is 10.2. The molecular formula is C20H23ClN4O2. The second-order valence-electron chi connectivity index (χ2n) is 6.38. The summed E-state index contributed by atoms with van der Waals surface area (Å²) in [5.41, 5.74) is 7.77. The highest BCUT2D eigenvalue weighted by Gasteiger charge is 2.26. The lowest BCUT2D eigenvalue weighted by Crippen LogP contribution is -2.51. The summed E-state index contributed by atoms with van der Waals surface area (Å²) in [5, 5.41) is 4.51. The number of piperazine rings is 1. The van der Waals surface area contributed by atoms with Gasteiger partial charge in [-0.2, -0.15) is 0 Å². The van der Waals surface area contributed by atoms with Crippen LogP contribution in [-0.2, 0) is 9.63 Å². The van der Waals surface area contributed by atoms with Gasteiger partial charge >= 0.3 is 0 Å². The molecule has 1 aliphatic heterocycles.